The molecule has 0 aliphatic carbocycles. The highest BCUT2D eigenvalue weighted by Crippen LogP contribution is 2.18. The van der Waals surface area contributed by atoms with Gasteiger partial charge in [-0.2, -0.15) is 0 Å². The maximum Gasteiger partial charge on any atom is 0.322 e. The molecule has 1 aromatic heterocycles. The molecule has 0 aliphatic heterocycles. The summed E-state index contributed by atoms with van der Waals surface area (Å²) < 4.78 is 5.57. The first-order valence-corrected chi connectivity index (χ1v) is 9.70. The number of carbonyl (C=O) groups excluding carboxylic acids is 1. The number of nitrogens with zero attached hydrogens (tertiary/aromatic N) is 2. The van der Waals surface area contributed by atoms with Gasteiger partial charge in [0.15, 0.2) is 0 Å². The summed E-state index contributed by atoms with van der Waals surface area (Å²) in [5.74, 6) is 1.28. The normalized spacial score (nSPS) is 11.2. The predicted octanol–water partition coefficient (Wildman–Crippen LogP) is 5.09. The van der Waals surface area contributed by atoms with Crippen LogP contribution >= 0.6 is 0 Å². The SMILES string of the molecule is CC(C)c1ccc(CC(=O)Nc2nnc(Cc3ccc(C(C)C)cc3)o2)cc1. The fraction of sp³-hybridized carbons (Fsp3) is 0.348. The van der Waals surface area contributed by atoms with Crippen LogP contribution in [0.1, 0.15) is 67.7 Å². The Labute approximate surface area is 166 Å². The van der Waals surface area contributed by atoms with Crippen LogP contribution < -0.4 is 5.32 Å². The summed E-state index contributed by atoms with van der Waals surface area (Å²) in [4.78, 5) is 12.2. The lowest BCUT2D eigenvalue weighted by Gasteiger charge is -2.06. The van der Waals surface area contributed by atoms with Crippen LogP contribution in [0.15, 0.2) is 52.9 Å². The molecular weight excluding hydrogens is 350 g/mol. The average molecular weight is 377 g/mol. The molecule has 0 unspecified atom stereocenters. The first-order valence-electron chi connectivity index (χ1n) is 9.70. The van der Waals surface area contributed by atoms with Gasteiger partial charge in [0.25, 0.3) is 0 Å². The van der Waals surface area contributed by atoms with Crippen LogP contribution in [0.25, 0.3) is 0 Å². The second-order valence-electron chi connectivity index (χ2n) is 7.70. The first-order chi connectivity index (χ1) is 13.4. The molecule has 0 bridgehead atoms. The average Bonchev–Trinajstić information content (AvgIpc) is 3.09. The van der Waals surface area contributed by atoms with E-state index in [4.69, 9.17) is 4.42 Å². The predicted molar refractivity (Wildman–Crippen MR) is 110 cm³/mol. The largest absolute Gasteiger partial charge is 0.407 e. The summed E-state index contributed by atoms with van der Waals surface area (Å²) in [5, 5.41) is 10.6. The van der Waals surface area contributed by atoms with Crippen LogP contribution in [0.3, 0.4) is 0 Å². The minimum Gasteiger partial charge on any atom is -0.407 e. The molecule has 2 aromatic carbocycles. The molecule has 0 aliphatic rings. The van der Waals surface area contributed by atoms with E-state index < -0.39 is 0 Å². The Kier molecular flexibility index (Phi) is 6.24. The number of hydrogen-bond acceptors (Lipinski definition) is 4. The van der Waals surface area contributed by atoms with Gasteiger partial charge in [-0.1, -0.05) is 81.3 Å². The van der Waals surface area contributed by atoms with E-state index in [2.05, 4.69) is 79.6 Å². The lowest BCUT2D eigenvalue weighted by Crippen LogP contribution is -2.14. The van der Waals surface area contributed by atoms with Crippen LogP contribution in [-0.2, 0) is 17.6 Å². The van der Waals surface area contributed by atoms with Crippen molar-refractivity contribution in [2.24, 2.45) is 0 Å². The molecule has 1 N–H and O–H groups in total. The Morgan fingerprint density at radius 2 is 1.39 bits per heavy atom. The van der Waals surface area contributed by atoms with E-state index in [1.165, 1.54) is 11.1 Å². The molecule has 1 heterocycles. The van der Waals surface area contributed by atoms with E-state index in [1.54, 1.807) is 0 Å². The van der Waals surface area contributed by atoms with Gasteiger partial charge in [0.1, 0.15) is 0 Å². The highest BCUT2D eigenvalue weighted by Gasteiger charge is 2.11. The summed E-state index contributed by atoms with van der Waals surface area (Å²) in [7, 11) is 0. The highest BCUT2D eigenvalue weighted by molar-refractivity contribution is 5.90. The molecule has 0 saturated heterocycles. The number of amides is 1. The number of hydrogen-bond donors (Lipinski definition) is 1. The van der Waals surface area contributed by atoms with E-state index in [-0.39, 0.29) is 18.3 Å². The Morgan fingerprint density at radius 3 is 1.93 bits per heavy atom. The minimum atomic E-state index is -0.172. The zero-order valence-corrected chi connectivity index (χ0v) is 16.9. The zero-order valence-electron chi connectivity index (χ0n) is 16.9. The third-order valence-corrected chi connectivity index (χ3v) is 4.73. The molecular formula is C23H27N3O2. The summed E-state index contributed by atoms with van der Waals surface area (Å²) in [6.45, 7) is 8.63. The van der Waals surface area contributed by atoms with Gasteiger partial charge in [0, 0.05) is 0 Å². The monoisotopic (exact) mass is 377 g/mol. The molecule has 0 saturated carbocycles. The van der Waals surface area contributed by atoms with Gasteiger partial charge in [-0.3, -0.25) is 10.1 Å². The van der Waals surface area contributed by atoms with Crippen molar-refractivity contribution < 1.29 is 9.21 Å². The van der Waals surface area contributed by atoms with Crippen molar-refractivity contribution in [2.75, 3.05) is 5.32 Å². The van der Waals surface area contributed by atoms with Crippen molar-refractivity contribution in [1.29, 1.82) is 0 Å². The van der Waals surface area contributed by atoms with Gasteiger partial charge in [-0.15, -0.1) is 5.10 Å². The number of aromatic nitrogens is 2. The Bertz CT molecular complexity index is 910. The van der Waals surface area contributed by atoms with E-state index in [0.717, 1.165) is 11.1 Å². The van der Waals surface area contributed by atoms with Crippen molar-refractivity contribution >= 4 is 11.9 Å². The molecule has 1 amide bonds. The maximum atomic E-state index is 12.2. The van der Waals surface area contributed by atoms with Crippen molar-refractivity contribution in [3.63, 3.8) is 0 Å². The molecule has 5 heteroatoms. The van der Waals surface area contributed by atoms with Gasteiger partial charge < -0.3 is 4.42 Å². The molecule has 0 radical (unpaired) electrons. The number of benzene rings is 2. The smallest absolute Gasteiger partial charge is 0.322 e. The molecule has 146 valence electrons. The zero-order chi connectivity index (χ0) is 20.1. The van der Waals surface area contributed by atoms with Crippen molar-refractivity contribution in [1.82, 2.24) is 10.2 Å². The quantitative estimate of drug-likeness (QED) is 0.623. The molecule has 0 spiro atoms. The van der Waals surface area contributed by atoms with Crippen LogP contribution in [-0.4, -0.2) is 16.1 Å². The maximum absolute atomic E-state index is 12.2. The van der Waals surface area contributed by atoms with Crippen molar-refractivity contribution in [2.45, 2.75) is 52.4 Å². The summed E-state index contributed by atoms with van der Waals surface area (Å²) in [5.41, 5.74) is 4.60. The summed E-state index contributed by atoms with van der Waals surface area (Å²) >= 11 is 0. The molecule has 3 rings (SSSR count). The fourth-order valence-electron chi connectivity index (χ4n) is 2.94. The molecule has 5 nitrogen and oxygen atoms in total. The van der Waals surface area contributed by atoms with Gasteiger partial charge in [0.2, 0.25) is 11.8 Å². The third-order valence-electron chi connectivity index (χ3n) is 4.73. The van der Waals surface area contributed by atoms with Crippen LogP contribution in [0.5, 0.6) is 0 Å². The number of rotatable bonds is 7. The topological polar surface area (TPSA) is 68.0 Å². The van der Waals surface area contributed by atoms with E-state index >= 15 is 0 Å². The van der Waals surface area contributed by atoms with Gasteiger partial charge >= 0.3 is 6.01 Å². The number of nitrogens with one attached hydrogen (secondary N) is 1. The molecule has 0 fully saturated rings. The first kappa shape index (κ1) is 19.8. The Hall–Kier alpha value is -2.95. The lowest BCUT2D eigenvalue weighted by atomic mass is 10.0. The molecule has 3 aromatic rings. The van der Waals surface area contributed by atoms with E-state index in [0.29, 0.717) is 24.1 Å². The summed E-state index contributed by atoms with van der Waals surface area (Å²) in [6, 6.07) is 16.6. The second-order valence-corrected chi connectivity index (χ2v) is 7.70. The minimum absolute atomic E-state index is 0.137. The van der Waals surface area contributed by atoms with E-state index in [1.807, 2.05) is 12.1 Å². The van der Waals surface area contributed by atoms with Crippen LogP contribution in [0.2, 0.25) is 0 Å². The van der Waals surface area contributed by atoms with Crippen molar-refractivity contribution in [3.8, 4) is 0 Å². The number of anilines is 1. The third kappa shape index (κ3) is 5.28. The fourth-order valence-corrected chi connectivity index (χ4v) is 2.94. The summed E-state index contributed by atoms with van der Waals surface area (Å²) in [6.07, 6.45) is 0.810. The molecule has 28 heavy (non-hydrogen) atoms. The van der Waals surface area contributed by atoms with E-state index in [9.17, 15) is 4.79 Å². The lowest BCUT2D eigenvalue weighted by molar-refractivity contribution is -0.115. The van der Waals surface area contributed by atoms with Gasteiger partial charge in [-0.05, 0) is 34.1 Å². The second kappa shape index (κ2) is 8.83. The number of carbonyl (C=O) groups is 1. The van der Waals surface area contributed by atoms with Crippen LogP contribution in [0.4, 0.5) is 6.01 Å². The Morgan fingerprint density at radius 1 is 0.857 bits per heavy atom. The van der Waals surface area contributed by atoms with Gasteiger partial charge in [-0.25, -0.2) is 0 Å². The Balaban J connectivity index is 1.55. The molecule has 0 atom stereocenters. The van der Waals surface area contributed by atoms with Crippen LogP contribution in [0, 0.1) is 0 Å². The standard InChI is InChI=1S/C23H27N3O2/c1-15(2)19-9-5-17(6-10-19)13-21(27)24-23-26-25-22(28-23)14-18-7-11-20(12-8-18)16(3)4/h5-12,15-16H,13-14H2,1-4H3,(H,24,26,27). The highest BCUT2D eigenvalue weighted by atomic mass is 16.4. The van der Waals surface area contributed by atoms with Gasteiger partial charge in [0.05, 0.1) is 12.8 Å². The van der Waals surface area contributed by atoms with Crippen molar-refractivity contribution in [3.05, 3.63) is 76.7 Å².